The molecule has 3 rings (SSSR count). The molecule has 0 fully saturated rings. The summed E-state index contributed by atoms with van der Waals surface area (Å²) in [6.07, 6.45) is 0. The van der Waals surface area contributed by atoms with Gasteiger partial charge in [0.15, 0.2) is 11.5 Å². The van der Waals surface area contributed by atoms with E-state index in [1.54, 1.807) is 24.3 Å². The van der Waals surface area contributed by atoms with Crippen molar-refractivity contribution in [1.82, 2.24) is 5.32 Å². The van der Waals surface area contributed by atoms with E-state index in [0.717, 1.165) is 15.6 Å². The average molecular weight is 571 g/mol. The maximum atomic E-state index is 13.8. The Bertz CT molecular complexity index is 1380. The van der Waals surface area contributed by atoms with Gasteiger partial charge in [0.2, 0.25) is 5.91 Å². The molecule has 0 aliphatic carbocycles. The maximum absolute atomic E-state index is 13.8. The minimum Gasteiger partial charge on any atom is -0.494 e. The number of rotatable bonds is 13. The molecule has 10 heteroatoms. The van der Waals surface area contributed by atoms with Crippen molar-refractivity contribution in [1.29, 1.82) is 0 Å². The van der Waals surface area contributed by atoms with Crippen LogP contribution in [0.25, 0.3) is 0 Å². The van der Waals surface area contributed by atoms with Gasteiger partial charge in [-0.05, 0) is 60.4 Å². The third-order valence-electron chi connectivity index (χ3n) is 6.04. The third-order valence-corrected chi connectivity index (χ3v) is 7.81. The van der Waals surface area contributed by atoms with Crippen LogP contribution in [-0.2, 0) is 20.2 Å². The number of sulfonamides is 1. The zero-order valence-electron chi connectivity index (χ0n) is 23.9. The molecule has 216 valence electrons. The van der Waals surface area contributed by atoms with Gasteiger partial charge in [0, 0.05) is 6.07 Å². The van der Waals surface area contributed by atoms with Crippen LogP contribution >= 0.6 is 0 Å². The monoisotopic (exact) mass is 570 g/mol. The predicted octanol–water partition coefficient (Wildman–Crippen LogP) is 4.79. The summed E-state index contributed by atoms with van der Waals surface area (Å²) in [5.74, 6) is 1.50. The Kier molecular flexibility index (Phi) is 10.3. The van der Waals surface area contributed by atoms with Crippen molar-refractivity contribution >= 4 is 21.6 Å². The van der Waals surface area contributed by atoms with Gasteiger partial charge in [0.05, 0.1) is 38.0 Å². The van der Waals surface area contributed by atoms with E-state index in [9.17, 15) is 13.2 Å². The summed E-state index contributed by atoms with van der Waals surface area (Å²) in [7, 11) is -1.27. The Morgan fingerprint density at radius 1 is 0.875 bits per heavy atom. The SMILES string of the molecule is CCOc1ccc(N(CC(=O)NCCOc2ccccc2C(C)(C)C)S(=O)(=O)c2ccc(OC)c(OC)c2)cc1. The molecule has 9 nitrogen and oxygen atoms in total. The van der Waals surface area contributed by atoms with Crippen LogP contribution in [0, 0.1) is 0 Å². The van der Waals surface area contributed by atoms with Crippen LogP contribution in [0.4, 0.5) is 5.69 Å². The molecule has 0 aromatic heterocycles. The summed E-state index contributed by atoms with van der Waals surface area (Å²) in [6, 6.07) is 18.6. The zero-order chi connectivity index (χ0) is 29.3. The lowest BCUT2D eigenvalue weighted by molar-refractivity contribution is -0.119. The number of anilines is 1. The van der Waals surface area contributed by atoms with Crippen molar-refractivity contribution in [2.75, 3.05) is 44.8 Å². The number of hydrogen-bond acceptors (Lipinski definition) is 7. The summed E-state index contributed by atoms with van der Waals surface area (Å²) >= 11 is 0. The second-order valence-electron chi connectivity index (χ2n) is 9.90. The summed E-state index contributed by atoms with van der Waals surface area (Å²) in [5, 5.41) is 2.77. The quantitative estimate of drug-likeness (QED) is 0.295. The average Bonchev–Trinajstić information content (AvgIpc) is 2.94. The number of nitrogens with one attached hydrogen (secondary N) is 1. The Morgan fingerprint density at radius 2 is 1.55 bits per heavy atom. The van der Waals surface area contributed by atoms with Gasteiger partial charge < -0.3 is 24.3 Å². The van der Waals surface area contributed by atoms with Crippen molar-refractivity contribution in [2.45, 2.75) is 38.0 Å². The van der Waals surface area contributed by atoms with Gasteiger partial charge >= 0.3 is 0 Å². The lowest BCUT2D eigenvalue weighted by Crippen LogP contribution is -2.42. The van der Waals surface area contributed by atoms with Gasteiger partial charge in [-0.2, -0.15) is 0 Å². The van der Waals surface area contributed by atoms with E-state index >= 15 is 0 Å². The number of nitrogens with zero attached hydrogens (tertiary/aromatic N) is 1. The van der Waals surface area contributed by atoms with E-state index in [1.165, 1.54) is 32.4 Å². The number of amides is 1. The fraction of sp³-hybridized carbons (Fsp3) is 0.367. The molecule has 0 saturated carbocycles. The fourth-order valence-corrected chi connectivity index (χ4v) is 5.48. The molecule has 0 unspecified atom stereocenters. The maximum Gasteiger partial charge on any atom is 0.264 e. The molecule has 0 heterocycles. The molecular formula is C30H38N2O7S. The number of methoxy groups -OCH3 is 2. The van der Waals surface area contributed by atoms with E-state index in [2.05, 4.69) is 26.1 Å². The third kappa shape index (κ3) is 7.59. The highest BCUT2D eigenvalue weighted by Crippen LogP contribution is 2.33. The van der Waals surface area contributed by atoms with Crippen LogP contribution in [0.15, 0.2) is 71.6 Å². The molecular weight excluding hydrogens is 532 g/mol. The largest absolute Gasteiger partial charge is 0.494 e. The van der Waals surface area contributed by atoms with E-state index in [0.29, 0.717) is 23.8 Å². The van der Waals surface area contributed by atoms with Crippen LogP contribution in [0.5, 0.6) is 23.0 Å². The van der Waals surface area contributed by atoms with Crippen LogP contribution in [0.2, 0.25) is 0 Å². The summed E-state index contributed by atoms with van der Waals surface area (Å²) in [4.78, 5) is 12.9. The van der Waals surface area contributed by atoms with Gasteiger partial charge in [0.1, 0.15) is 24.7 Å². The van der Waals surface area contributed by atoms with Crippen molar-refractivity contribution in [2.24, 2.45) is 0 Å². The molecule has 1 amide bonds. The molecule has 1 N–H and O–H groups in total. The normalized spacial score (nSPS) is 11.4. The standard InChI is InChI=1S/C30H38N2O7S/c1-7-38-23-14-12-22(13-15-23)32(40(34,35)24-16-17-27(36-5)28(20-24)37-6)21-29(33)31-18-19-39-26-11-9-8-10-25(26)30(2,3)4/h8-17,20H,7,18-19,21H2,1-6H3,(H,31,33). The van der Waals surface area contributed by atoms with Gasteiger partial charge in [-0.3, -0.25) is 9.10 Å². The first-order valence-corrected chi connectivity index (χ1v) is 14.4. The van der Waals surface area contributed by atoms with Gasteiger partial charge in [-0.15, -0.1) is 0 Å². The van der Waals surface area contributed by atoms with Crippen LogP contribution in [0.3, 0.4) is 0 Å². The molecule has 0 radical (unpaired) electrons. The summed E-state index contributed by atoms with van der Waals surface area (Å²) in [5.41, 5.74) is 1.27. The predicted molar refractivity (Wildman–Crippen MR) is 155 cm³/mol. The number of benzene rings is 3. The Labute approximate surface area is 237 Å². The molecule has 0 bridgehead atoms. The van der Waals surface area contributed by atoms with E-state index in [1.807, 2.05) is 31.2 Å². The van der Waals surface area contributed by atoms with Crippen molar-refractivity contribution < 1.29 is 32.2 Å². The molecule has 40 heavy (non-hydrogen) atoms. The van der Waals surface area contributed by atoms with Crippen molar-refractivity contribution in [3.8, 4) is 23.0 Å². The van der Waals surface area contributed by atoms with Crippen LogP contribution < -0.4 is 28.6 Å². The highest BCUT2D eigenvalue weighted by Gasteiger charge is 2.28. The van der Waals surface area contributed by atoms with E-state index in [4.69, 9.17) is 18.9 Å². The molecule has 0 aliphatic heterocycles. The van der Waals surface area contributed by atoms with Crippen LogP contribution in [0.1, 0.15) is 33.3 Å². The smallest absolute Gasteiger partial charge is 0.264 e. The highest BCUT2D eigenvalue weighted by molar-refractivity contribution is 7.92. The second kappa shape index (κ2) is 13.4. The van der Waals surface area contributed by atoms with E-state index in [-0.39, 0.29) is 29.2 Å². The van der Waals surface area contributed by atoms with Gasteiger partial charge in [-0.1, -0.05) is 39.0 Å². The van der Waals surface area contributed by atoms with Crippen LogP contribution in [-0.4, -0.2) is 54.8 Å². The number of para-hydroxylation sites is 1. The first-order valence-electron chi connectivity index (χ1n) is 13.0. The van der Waals surface area contributed by atoms with Crippen molar-refractivity contribution in [3.63, 3.8) is 0 Å². The Hall–Kier alpha value is -3.92. The van der Waals surface area contributed by atoms with Gasteiger partial charge in [0.25, 0.3) is 10.0 Å². The molecule has 0 atom stereocenters. The lowest BCUT2D eigenvalue weighted by Gasteiger charge is -2.25. The Morgan fingerprint density at radius 3 is 2.17 bits per heavy atom. The lowest BCUT2D eigenvalue weighted by atomic mass is 9.86. The molecule has 0 spiro atoms. The summed E-state index contributed by atoms with van der Waals surface area (Å²) < 4.78 is 50.6. The first-order chi connectivity index (χ1) is 19.0. The first kappa shape index (κ1) is 30.6. The minimum atomic E-state index is -4.16. The topological polar surface area (TPSA) is 103 Å². The van der Waals surface area contributed by atoms with E-state index < -0.39 is 22.5 Å². The molecule has 3 aromatic carbocycles. The molecule has 0 saturated heterocycles. The number of ether oxygens (including phenoxy) is 4. The number of carbonyl (C=O) groups is 1. The fourth-order valence-electron chi connectivity index (χ4n) is 4.04. The number of carbonyl (C=O) groups excluding carboxylic acids is 1. The number of hydrogen-bond donors (Lipinski definition) is 1. The molecule has 3 aromatic rings. The highest BCUT2D eigenvalue weighted by atomic mass is 32.2. The van der Waals surface area contributed by atoms with Gasteiger partial charge in [-0.25, -0.2) is 8.42 Å². The second-order valence-corrected chi connectivity index (χ2v) is 11.8. The minimum absolute atomic E-state index is 0.0473. The Balaban J connectivity index is 1.79. The van der Waals surface area contributed by atoms with Crippen molar-refractivity contribution in [3.05, 3.63) is 72.3 Å². The summed E-state index contributed by atoms with van der Waals surface area (Å²) in [6.45, 7) is 8.62. The zero-order valence-corrected chi connectivity index (χ0v) is 24.7. The molecule has 0 aliphatic rings.